The zero-order valence-corrected chi connectivity index (χ0v) is 15.9. The smallest absolute Gasteiger partial charge is 0.241 e. The Morgan fingerprint density at radius 3 is 2.26 bits per heavy atom. The number of hydrogen-bond donors (Lipinski definition) is 1. The second-order valence-corrected chi connectivity index (χ2v) is 6.83. The first-order chi connectivity index (χ1) is 13.1. The molecule has 3 rings (SSSR count). The third-order valence-electron chi connectivity index (χ3n) is 4.30. The summed E-state index contributed by atoms with van der Waals surface area (Å²) in [6.45, 7) is 1.85. The second kappa shape index (κ2) is 9.14. The van der Waals surface area contributed by atoms with Crippen LogP contribution in [0.4, 0.5) is 0 Å². The molecule has 1 heterocycles. The second-order valence-electron chi connectivity index (χ2n) is 6.83. The maximum Gasteiger partial charge on any atom is 0.241 e. The molecule has 0 radical (unpaired) electrons. The number of aromatic nitrogens is 2. The zero-order valence-electron chi connectivity index (χ0n) is 15.9. The Labute approximate surface area is 160 Å². The summed E-state index contributed by atoms with van der Waals surface area (Å²) in [5.41, 5.74) is 4.06. The summed E-state index contributed by atoms with van der Waals surface area (Å²) in [7, 11) is 4.06. The van der Waals surface area contributed by atoms with Gasteiger partial charge in [0.15, 0.2) is 0 Å². The zero-order chi connectivity index (χ0) is 19.1. The Bertz CT molecular complexity index is 800. The van der Waals surface area contributed by atoms with Crippen molar-refractivity contribution in [1.82, 2.24) is 20.0 Å². The summed E-state index contributed by atoms with van der Waals surface area (Å²) >= 11 is 0. The fraction of sp³-hybridized carbons (Fsp3) is 0.273. The lowest BCUT2D eigenvalue weighted by atomic mass is 10.0. The van der Waals surface area contributed by atoms with Gasteiger partial charge >= 0.3 is 0 Å². The van der Waals surface area contributed by atoms with Crippen molar-refractivity contribution in [3.05, 3.63) is 66.9 Å². The third-order valence-corrected chi connectivity index (χ3v) is 4.30. The highest BCUT2D eigenvalue weighted by Gasteiger charge is 2.14. The van der Waals surface area contributed by atoms with Gasteiger partial charge in [-0.1, -0.05) is 60.7 Å². The number of rotatable bonds is 8. The quantitative estimate of drug-likeness (QED) is 0.626. The van der Waals surface area contributed by atoms with Gasteiger partial charge in [-0.05, 0) is 32.6 Å². The lowest BCUT2D eigenvalue weighted by Crippen LogP contribution is -2.30. The first kappa shape index (κ1) is 18.9. The van der Waals surface area contributed by atoms with Crippen molar-refractivity contribution in [1.29, 1.82) is 0 Å². The molecule has 0 aliphatic carbocycles. The average Bonchev–Trinajstić information content (AvgIpc) is 3.10. The van der Waals surface area contributed by atoms with E-state index in [9.17, 15) is 4.79 Å². The molecule has 1 N–H and O–H groups in total. The van der Waals surface area contributed by atoms with Crippen LogP contribution >= 0.6 is 0 Å². The van der Waals surface area contributed by atoms with Crippen LogP contribution < -0.4 is 5.32 Å². The summed E-state index contributed by atoms with van der Waals surface area (Å²) in [4.78, 5) is 14.4. The number of benzene rings is 2. The summed E-state index contributed by atoms with van der Waals surface area (Å²) in [5, 5.41) is 7.67. The van der Waals surface area contributed by atoms with E-state index in [2.05, 4.69) is 22.3 Å². The number of hydrogen-bond acceptors (Lipinski definition) is 3. The third kappa shape index (κ3) is 5.28. The number of nitrogens with one attached hydrogen (secondary N) is 1. The largest absolute Gasteiger partial charge is 0.354 e. The molecular weight excluding hydrogens is 336 g/mol. The SMILES string of the molecule is CN(C)CCCNC(=O)Cn1cc(-c2ccccc2)c(-c2ccccc2)n1. The molecule has 0 spiro atoms. The van der Waals surface area contributed by atoms with Crippen LogP contribution in [-0.2, 0) is 11.3 Å². The molecule has 0 saturated carbocycles. The minimum Gasteiger partial charge on any atom is -0.354 e. The van der Waals surface area contributed by atoms with Gasteiger partial charge in [-0.15, -0.1) is 0 Å². The van der Waals surface area contributed by atoms with Gasteiger partial charge in [-0.2, -0.15) is 5.10 Å². The van der Waals surface area contributed by atoms with E-state index in [-0.39, 0.29) is 12.5 Å². The van der Waals surface area contributed by atoms with Gasteiger partial charge in [0.05, 0.1) is 0 Å². The fourth-order valence-corrected chi connectivity index (χ4v) is 2.97. The van der Waals surface area contributed by atoms with Gasteiger partial charge in [0.2, 0.25) is 5.91 Å². The monoisotopic (exact) mass is 362 g/mol. The van der Waals surface area contributed by atoms with Crippen molar-refractivity contribution < 1.29 is 4.79 Å². The molecule has 1 aromatic heterocycles. The standard InChI is InChI=1S/C22H26N4O/c1-25(2)15-9-14-23-21(27)17-26-16-20(18-10-5-3-6-11-18)22(24-26)19-12-7-4-8-13-19/h3-8,10-13,16H,9,14-15,17H2,1-2H3,(H,23,27). The van der Waals surface area contributed by atoms with Crippen LogP contribution in [0, 0.1) is 0 Å². The van der Waals surface area contributed by atoms with Gasteiger partial charge in [0, 0.05) is 23.9 Å². The topological polar surface area (TPSA) is 50.2 Å². The van der Waals surface area contributed by atoms with Crippen molar-refractivity contribution in [3.8, 4) is 22.4 Å². The van der Waals surface area contributed by atoms with E-state index < -0.39 is 0 Å². The molecular formula is C22H26N4O. The van der Waals surface area contributed by atoms with Crippen LogP contribution in [0.1, 0.15) is 6.42 Å². The number of amides is 1. The molecule has 0 fully saturated rings. The van der Waals surface area contributed by atoms with Crippen molar-refractivity contribution in [2.24, 2.45) is 0 Å². The van der Waals surface area contributed by atoms with E-state index >= 15 is 0 Å². The number of carbonyl (C=O) groups excluding carboxylic acids is 1. The minimum atomic E-state index is -0.0181. The molecule has 0 atom stereocenters. The fourth-order valence-electron chi connectivity index (χ4n) is 2.97. The molecule has 5 nitrogen and oxygen atoms in total. The van der Waals surface area contributed by atoms with Crippen LogP contribution in [0.25, 0.3) is 22.4 Å². The molecule has 0 aliphatic rings. The molecule has 0 aliphatic heterocycles. The first-order valence-corrected chi connectivity index (χ1v) is 9.23. The molecule has 0 unspecified atom stereocenters. The minimum absolute atomic E-state index is 0.0181. The van der Waals surface area contributed by atoms with Crippen LogP contribution in [0.5, 0.6) is 0 Å². The average molecular weight is 362 g/mol. The first-order valence-electron chi connectivity index (χ1n) is 9.23. The van der Waals surface area contributed by atoms with E-state index in [0.717, 1.165) is 35.3 Å². The predicted molar refractivity (Wildman–Crippen MR) is 109 cm³/mol. The van der Waals surface area contributed by atoms with Gasteiger partial charge in [-0.3, -0.25) is 9.48 Å². The highest BCUT2D eigenvalue weighted by molar-refractivity contribution is 5.81. The number of nitrogens with zero attached hydrogens (tertiary/aromatic N) is 3. The van der Waals surface area contributed by atoms with Gasteiger partial charge in [-0.25, -0.2) is 0 Å². The maximum absolute atomic E-state index is 12.3. The van der Waals surface area contributed by atoms with Crippen LogP contribution in [-0.4, -0.2) is 47.8 Å². The Hall–Kier alpha value is -2.92. The summed E-state index contributed by atoms with van der Waals surface area (Å²) in [6, 6.07) is 20.2. The lowest BCUT2D eigenvalue weighted by Gasteiger charge is -2.09. The van der Waals surface area contributed by atoms with Crippen molar-refractivity contribution >= 4 is 5.91 Å². The van der Waals surface area contributed by atoms with Gasteiger partial charge < -0.3 is 10.2 Å². The summed E-state index contributed by atoms with van der Waals surface area (Å²) in [5.74, 6) is -0.0181. The van der Waals surface area contributed by atoms with Gasteiger partial charge in [0.1, 0.15) is 12.2 Å². The molecule has 0 bridgehead atoms. The molecule has 2 aromatic carbocycles. The van der Waals surface area contributed by atoms with Crippen molar-refractivity contribution in [2.45, 2.75) is 13.0 Å². The highest BCUT2D eigenvalue weighted by Crippen LogP contribution is 2.30. The van der Waals surface area contributed by atoms with Crippen molar-refractivity contribution in [3.63, 3.8) is 0 Å². The highest BCUT2D eigenvalue weighted by atomic mass is 16.2. The Balaban J connectivity index is 1.77. The van der Waals surface area contributed by atoms with E-state index in [1.807, 2.05) is 68.8 Å². The molecule has 3 aromatic rings. The van der Waals surface area contributed by atoms with E-state index in [0.29, 0.717) is 6.54 Å². The Morgan fingerprint density at radius 2 is 1.63 bits per heavy atom. The Kier molecular flexibility index (Phi) is 6.39. The predicted octanol–water partition coefficient (Wildman–Crippen LogP) is 3.29. The van der Waals surface area contributed by atoms with Crippen LogP contribution in [0.2, 0.25) is 0 Å². The summed E-state index contributed by atoms with van der Waals surface area (Å²) in [6.07, 6.45) is 2.89. The summed E-state index contributed by atoms with van der Waals surface area (Å²) < 4.78 is 1.73. The molecule has 27 heavy (non-hydrogen) atoms. The van der Waals surface area contributed by atoms with Crippen LogP contribution in [0.3, 0.4) is 0 Å². The Morgan fingerprint density at radius 1 is 1.00 bits per heavy atom. The van der Waals surface area contributed by atoms with Crippen LogP contribution in [0.15, 0.2) is 66.9 Å². The van der Waals surface area contributed by atoms with Crippen molar-refractivity contribution in [2.75, 3.05) is 27.2 Å². The molecule has 1 amide bonds. The number of carbonyl (C=O) groups is 1. The molecule has 5 heteroatoms. The lowest BCUT2D eigenvalue weighted by molar-refractivity contribution is -0.121. The maximum atomic E-state index is 12.3. The van der Waals surface area contributed by atoms with Gasteiger partial charge in [0.25, 0.3) is 0 Å². The van der Waals surface area contributed by atoms with E-state index in [1.165, 1.54) is 0 Å². The van der Waals surface area contributed by atoms with E-state index in [4.69, 9.17) is 5.10 Å². The van der Waals surface area contributed by atoms with E-state index in [1.54, 1.807) is 4.68 Å². The molecule has 140 valence electrons. The molecule has 0 saturated heterocycles. The normalized spacial score (nSPS) is 10.9.